The molecule has 0 aliphatic carbocycles. The van der Waals surface area contributed by atoms with Crippen molar-refractivity contribution in [3.63, 3.8) is 0 Å². The van der Waals surface area contributed by atoms with E-state index >= 15 is 0 Å². The van der Waals surface area contributed by atoms with Crippen LogP contribution in [0.5, 0.6) is 6.01 Å². The van der Waals surface area contributed by atoms with E-state index in [4.69, 9.17) is 9.47 Å². The molecule has 2 heterocycles. The van der Waals surface area contributed by atoms with E-state index in [0.717, 1.165) is 6.61 Å². The number of aromatic nitrogens is 2. The van der Waals surface area contributed by atoms with Gasteiger partial charge in [0.1, 0.15) is 12.7 Å². The van der Waals surface area contributed by atoms with Gasteiger partial charge in [-0.2, -0.15) is 0 Å². The number of hydrogen-bond donors (Lipinski definition) is 0. The zero-order valence-corrected chi connectivity index (χ0v) is 5.93. The van der Waals surface area contributed by atoms with Crippen LogP contribution in [0.2, 0.25) is 0 Å². The number of hydrogen-bond acceptors (Lipinski definition) is 4. The highest BCUT2D eigenvalue weighted by atomic mass is 16.6. The molecule has 0 bridgehead atoms. The third-order valence-corrected chi connectivity index (χ3v) is 1.34. The van der Waals surface area contributed by atoms with Gasteiger partial charge < -0.3 is 9.47 Å². The molecule has 0 amide bonds. The number of ether oxygens (including phenoxy) is 2. The molecular weight excluding hydrogens is 144 g/mol. The van der Waals surface area contributed by atoms with E-state index in [0.29, 0.717) is 12.6 Å². The van der Waals surface area contributed by atoms with E-state index < -0.39 is 0 Å². The van der Waals surface area contributed by atoms with E-state index in [1.807, 2.05) is 0 Å². The second-order valence-corrected chi connectivity index (χ2v) is 2.30. The molecule has 2 rings (SSSR count). The van der Waals surface area contributed by atoms with E-state index in [9.17, 15) is 0 Å². The summed E-state index contributed by atoms with van der Waals surface area (Å²) in [6.45, 7) is 1.36. The summed E-state index contributed by atoms with van der Waals surface area (Å²) in [5, 5.41) is 0. The fourth-order valence-corrected chi connectivity index (χ4v) is 0.692. The van der Waals surface area contributed by atoms with Gasteiger partial charge in [-0.3, -0.25) is 0 Å². The molecule has 11 heavy (non-hydrogen) atoms. The van der Waals surface area contributed by atoms with E-state index in [2.05, 4.69) is 9.97 Å². The van der Waals surface area contributed by atoms with Crippen molar-refractivity contribution in [2.45, 2.75) is 6.10 Å². The maximum atomic E-state index is 5.18. The molecule has 0 radical (unpaired) electrons. The van der Waals surface area contributed by atoms with Crippen molar-refractivity contribution >= 4 is 0 Å². The zero-order valence-electron chi connectivity index (χ0n) is 5.93. The van der Waals surface area contributed by atoms with Crippen LogP contribution >= 0.6 is 0 Å². The van der Waals surface area contributed by atoms with Gasteiger partial charge in [0, 0.05) is 12.4 Å². The van der Waals surface area contributed by atoms with E-state index in [-0.39, 0.29) is 6.10 Å². The van der Waals surface area contributed by atoms with Gasteiger partial charge in [-0.15, -0.1) is 0 Å². The molecule has 1 atom stereocenters. The van der Waals surface area contributed by atoms with E-state index in [1.165, 1.54) is 0 Å². The first-order chi connectivity index (χ1) is 5.45. The summed E-state index contributed by atoms with van der Waals surface area (Å²) in [4.78, 5) is 7.78. The topological polar surface area (TPSA) is 47.5 Å². The Morgan fingerprint density at radius 1 is 1.55 bits per heavy atom. The lowest BCUT2D eigenvalue weighted by Gasteiger charge is -1.98. The number of nitrogens with zero attached hydrogens (tertiary/aromatic N) is 2. The molecule has 1 fully saturated rings. The van der Waals surface area contributed by atoms with Crippen molar-refractivity contribution in [3.8, 4) is 6.01 Å². The Balaban J connectivity index is 1.85. The van der Waals surface area contributed by atoms with Crippen molar-refractivity contribution in [1.82, 2.24) is 9.97 Å². The first-order valence-electron chi connectivity index (χ1n) is 3.46. The minimum absolute atomic E-state index is 0.263. The highest BCUT2D eigenvalue weighted by molar-refractivity contribution is 4.93. The van der Waals surface area contributed by atoms with Crippen LogP contribution in [0.4, 0.5) is 0 Å². The summed E-state index contributed by atoms with van der Waals surface area (Å²) in [6.07, 6.45) is 3.56. The molecule has 58 valence electrons. The number of epoxide rings is 1. The Labute approximate surface area is 64.2 Å². The Hall–Kier alpha value is -1.16. The Morgan fingerprint density at radius 3 is 2.91 bits per heavy atom. The molecule has 1 aliphatic rings. The summed E-state index contributed by atoms with van der Waals surface area (Å²) >= 11 is 0. The summed E-state index contributed by atoms with van der Waals surface area (Å²) in [7, 11) is 0. The van der Waals surface area contributed by atoms with Gasteiger partial charge in [-0.05, 0) is 6.07 Å². The zero-order chi connectivity index (χ0) is 7.52. The van der Waals surface area contributed by atoms with Crippen molar-refractivity contribution in [3.05, 3.63) is 18.5 Å². The Kier molecular flexibility index (Phi) is 1.69. The van der Waals surface area contributed by atoms with Gasteiger partial charge >= 0.3 is 6.01 Å². The molecule has 0 N–H and O–H groups in total. The minimum Gasteiger partial charge on any atom is -0.461 e. The van der Waals surface area contributed by atoms with Crippen LogP contribution < -0.4 is 4.74 Å². The fraction of sp³-hybridized carbons (Fsp3) is 0.429. The van der Waals surface area contributed by atoms with Crippen LogP contribution in [-0.4, -0.2) is 29.3 Å². The van der Waals surface area contributed by atoms with Gasteiger partial charge in [0.25, 0.3) is 0 Å². The molecule has 1 aromatic rings. The molecule has 0 aromatic carbocycles. The molecule has 1 unspecified atom stereocenters. The van der Waals surface area contributed by atoms with Crippen LogP contribution in [0.1, 0.15) is 0 Å². The minimum atomic E-state index is 0.263. The second kappa shape index (κ2) is 2.84. The van der Waals surface area contributed by atoms with Crippen LogP contribution in [0.3, 0.4) is 0 Å². The summed E-state index contributed by atoms with van der Waals surface area (Å²) in [6, 6.07) is 2.17. The summed E-state index contributed by atoms with van der Waals surface area (Å²) < 4.78 is 10.1. The highest BCUT2D eigenvalue weighted by Crippen LogP contribution is 2.09. The van der Waals surface area contributed by atoms with Gasteiger partial charge in [-0.25, -0.2) is 9.97 Å². The van der Waals surface area contributed by atoms with Gasteiger partial charge in [0.2, 0.25) is 0 Å². The molecular formula is C7H8N2O2. The third kappa shape index (κ3) is 1.88. The van der Waals surface area contributed by atoms with Crippen molar-refractivity contribution in [2.75, 3.05) is 13.2 Å². The Morgan fingerprint density at radius 2 is 2.27 bits per heavy atom. The average Bonchev–Trinajstić information content (AvgIpc) is 2.86. The lowest BCUT2D eigenvalue weighted by Crippen LogP contribution is -2.05. The van der Waals surface area contributed by atoms with Crippen molar-refractivity contribution in [2.24, 2.45) is 0 Å². The van der Waals surface area contributed by atoms with Gasteiger partial charge in [0.05, 0.1) is 6.61 Å². The molecule has 4 heteroatoms. The lowest BCUT2D eigenvalue weighted by molar-refractivity contribution is 0.246. The van der Waals surface area contributed by atoms with Crippen LogP contribution in [0.25, 0.3) is 0 Å². The predicted octanol–water partition coefficient (Wildman–Crippen LogP) is 0.254. The predicted molar refractivity (Wildman–Crippen MR) is 37.3 cm³/mol. The molecule has 1 aromatic heterocycles. The summed E-state index contributed by atoms with van der Waals surface area (Å²) in [5.74, 6) is 0. The van der Waals surface area contributed by atoms with Crippen LogP contribution in [-0.2, 0) is 4.74 Å². The van der Waals surface area contributed by atoms with Crippen LogP contribution in [0, 0.1) is 0 Å². The third-order valence-electron chi connectivity index (χ3n) is 1.34. The fourth-order valence-electron chi connectivity index (χ4n) is 0.692. The molecule has 1 saturated heterocycles. The largest absolute Gasteiger partial charge is 0.461 e. The molecule has 4 nitrogen and oxygen atoms in total. The Bertz CT molecular complexity index is 223. The molecule has 0 saturated carbocycles. The van der Waals surface area contributed by atoms with Crippen molar-refractivity contribution < 1.29 is 9.47 Å². The highest BCUT2D eigenvalue weighted by Gasteiger charge is 2.23. The monoisotopic (exact) mass is 152 g/mol. The second-order valence-electron chi connectivity index (χ2n) is 2.30. The first-order valence-corrected chi connectivity index (χ1v) is 3.46. The molecule has 0 spiro atoms. The smallest absolute Gasteiger partial charge is 0.316 e. The van der Waals surface area contributed by atoms with Gasteiger partial charge in [-0.1, -0.05) is 0 Å². The number of rotatable bonds is 3. The SMILES string of the molecule is c1cnc(OCC2CO2)nc1. The quantitative estimate of drug-likeness (QED) is 0.582. The van der Waals surface area contributed by atoms with Crippen LogP contribution in [0.15, 0.2) is 18.5 Å². The molecule has 1 aliphatic heterocycles. The maximum absolute atomic E-state index is 5.18. The first kappa shape index (κ1) is 6.54. The normalized spacial score (nSPS) is 21.3. The summed E-state index contributed by atoms with van der Waals surface area (Å²) in [5.41, 5.74) is 0. The maximum Gasteiger partial charge on any atom is 0.316 e. The van der Waals surface area contributed by atoms with E-state index in [1.54, 1.807) is 18.5 Å². The lowest BCUT2D eigenvalue weighted by atomic mass is 10.5. The van der Waals surface area contributed by atoms with Crippen molar-refractivity contribution in [1.29, 1.82) is 0 Å². The average molecular weight is 152 g/mol. The standard InChI is InChI=1S/C7H8N2O2/c1-2-8-7(9-3-1)11-5-6-4-10-6/h1-3,6H,4-5H2. The van der Waals surface area contributed by atoms with Gasteiger partial charge in [0.15, 0.2) is 0 Å².